The van der Waals surface area contributed by atoms with Crippen molar-refractivity contribution in [2.75, 3.05) is 13.1 Å². The molecule has 1 aromatic heterocycles. The van der Waals surface area contributed by atoms with E-state index in [1.807, 2.05) is 4.90 Å². The standard InChI is InChI=1S/C24H39N3O2S/c1-6-7-12-27(19-15-23(2,3)25-24(4,5)16-19)22(29)9-8-21(28)26-13-10-20-18(17-26)11-14-30-20/h11,14,19,25H,6-10,12-13,15-17H2,1-5H3. The molecule has 3 rings (SSSR count). The van der Waals surface area contributed by atoms with Crippen LogP contribution in [0.1, 0.15) is 83.6 Å². The van der Waals surface area contributed by atoms with Crippen LogP contribution in [0, 0.1) is 0 Å². The summed E-state index contributed by atoms with van der Waals surface area (Å²) in [4.78, 5) is 31.5. The first-order chi connectivity index (χ1) is 14.1. The summed E-state index contributed by atoms with van der Waals surface area (Å²) in [6, 6.07) is 2.35. The Hall–Kier alpha value is -1.40. The molecule has 1 fully saturated rings. The molecule has 168 valence electrons. The zero-order valence-corrected chi connectivity index (χ0v) is 20.2. The lowest BCUT2D eigenvalue weighted by molar-refractivity contribution is -0.140. The maximum Gasteiger partial charge on any atom is 0.223 e. The summed E-state index contributed by atoms with van der Waals surface area (Å²) in [7, 11) is 0. The van der Waals surface area contributed by atoms with Gasteiger partial charge in [-0.15, -0.1) is 11.3 Å². The summed E-state index contributed by atoms with van der Waals surface area (Å²) < 4.78 is 0. The van der Waals surface area contributed by atoms with Gasteiger partial charge in [-0.1, -0.05) is 13.3 Å². The molecule has 2 aliphatic heterocycles. The highest BCUT2D eigenvalue weighted by Crippen LogP contribution is 2.32. The lowest BCUT2D eigenvalue weighted by atomic mass is 9.79. The van der Waals surface area contributed by atoms with Crippen molar-refractivity contribution in [3.63, 3.8) is 0 Å². The van der Waals surface area contributed by atoms with Crippen molar-refractivity contribution in [1.82, 2.24) is 15.1 Å². The Morgan fingerprint density at radius 3 is 2.57 bits per heavy atom. The third-order valence-electron chi connectivity index (χ3n) is 6.40. The number of amides is 2. The summed E-state index contributed by atoms with van der Waals surface area (Å²) in [5.41, 5.74) is 1.27. The average molecular weight is 434 g/mol. The number of rotatable bonds is 7. The van der Waals surface area contributed by atoms with E-state index in [9.17, 15) is 9.59 Å². The lowest BCUT2D eigenvalue weighted by Crippen LogP contribution is -2.62. The van der Waals surface area contributed by atoms with Crippen LogP contribution in [-0.4, -0.2) is 51.8 Å². The van der Waals surface area contributed by atoms with E-state index in [-0.39, 0.29) is 28.9 Å². The number of fused-ring (bicyclic) bond motifs is 1. The van der Waals surface area contributed by atoms with Gasteiger partial charge in [-0.3, -0.25) is 9.59 Å². The molecule has 3 heterocycles. The van der Waals surface area contributed by atoms with Gasteiger partial charge >= 0.3 is 0 Å². The van der Waals surface area contributed by atoms with E-state index >= 15 is 0 Å². The molecule has 0 aromatic carbocycles. The van der Waals surface area contributed by atoms with Gasteiger partial charge in [-0.05, 0) is 70.4 Å². The Morgan fingerprint density at radius 1 is 1.20 bits per heavy atom. The van der Waals surface area contributed by atoms with E-state index < -0.39 is 0 Å². The maximum absolute atomic E-state index is 13.3. The van der Waals surface area contributed by atoms with Gasteiger partial charge in [0.25, 0.3) is 0 Å². The molecular weight excluding hydrogens is 394 g/mol. The zero-order chi connectivity index (χ0) is 21.9. The molecule has 30 heavy (non-hydrogen) atoms. The monoisotopic (exact) mass is 433 g/mol. The van der Waals surface area contributed by atoms with Crippen LogP contribution in [0.15, 0.2) is 11.4 Å². The topological polar surface area (TPSA) is 52.7 Å². The van der Waals surface area contributed by atoms with Crippen molar-refractivity contribution in [2.45, 2.75) is 103 Å². The van der Waals surface area contributed by atoms with Crippen molar-refractivity contribution >= 4 is 23.2 Å². The molecule has 2 amide bonds. The molecule has 2 aliphatic rings. The number of unbranched alkanes of at least 4 members (excludes halogenated alkanes) is 1. The fourth-order valence-electron chi connectivity index (χ4n) is 5.31. The molecule has 0 spiro atoms. The first-order valence-corrected chi connectivity index (χ1v) is 12.4. The highest BCUT2D eigenvalue weighted by molar-refractivity contribution is 7.10. The van der Waals surface area contributed by atoms with Crippen molar-refractivity contribution in [2.24, 2.45) is 0 Å². The zero-order valence-electron chi connectivity index (χ0n) is 19.4. The van der Waals surface area contributed by atoms with Crippen LogP contribution in [0.3, 0.4) is 0 Å². The average Bonchev–Trinajstić information content (AvgIpc) is 3.11. The lowest BCUT2D eigenvalue weighted by Gasteiger charge is -2.49. The molecule has 5 nitrogen and oxygen atoms in total. The number of nitrogens with zero attached hydrogens (tertiary/aromatic N) is 2. The minimum Gasteiger partial charge on any atom is -0.340 e. The Bertz CT molecular complexity index is 739. The second kappa shape index (κ2) is 9.39. The van der Waals surface area contributed by atoms with Crippen molar-refractivity contribution in [3.05, 3.63) is 21.9 Å². The summed E-state index contributed by atoms with van der Waals surface area (Å²) in [5, 5.41) is 5.82. The van der Waals surface area contributed by atoms with E-state index in [1.165, 1.54) is 10.4 Å². The van der Waals surface area contributed by atoms with Crippen molar-refractivity contribution < 1.29 is 9.59 Å². The summed E-state index contributed by atoms with van der Waals surface area (Å²) in [6.45, 7) is 13.3. The molecule has 0 bridgehead atoms. The first kappa shape index (κ1) is 23.3. The quantitative estimate of drug-likeness (QED) is 0.695. The number of piperidine rings is 1. The van der Waals surface area contributed by atoms with E-state index in [0.29, 0.717) is 19.4 Å². The fraction of sp³-hybridized carbons (Fsp3) is 0.750. The second-order valence-corrected chi connectivity index (χ2v) is 11.3. The van der Waals surface area contributed by atoms with Crippen molar-refractivity contribution in [3.8, 4) is 0 Å². The molecule has 0 unspecified atom stereocenters. The van der Waals surface area contributed by atoms with Crippen LogP contribution in [0.4, 0.5) is 0 Å². The normalized spacial score (nSPS) is 20.6. The predicted molar refractivity (Wildman–Crippen MR) is 124 cm³/mol. The van der Waals surface area contributed by atoms with Gasteiger partial charge in [0.1, 0.15) is 0 Å². The Morgan fingerprint density at radius 2 is 1.90 bits per heavy atom. The first-order valence-electron chi connectivity index (χ1n) is 11.5. The molecule has 0 aliphatic carbocycles. The number of hydrogen-bond donors (Lipinski definition) is 1. The third kappa shape index (κ3) is 5.85. The molecule has 0 saturated carbocycles. The SMILES string of the molecule is CCCCN(C(=O)CCC(=O)N1CCc2sccc2C1)C1CC(C)(C)NC(C)(C)C1. The smallest absolute Gasteiger partial charge is 0.223 e. The Kier molecular flexibility index (Phi) is 7.28. The minimum atomic E-state index is -0.000968. The molecule has 6 heteroatoms. The third-order valence-corrected chi connectivity index (χ3v) is 7.42. The van der Waals surface area contributed by atoms with Crippen LogP contribution >= 0.6 is 11.3 Å². The second-order valence-electron chi connectivity index (χ2n) is 10.3. The number of hydrogen-bond acceptors (Lipinski definition) is 4. The largest absolute Gasteiger partial charge is 0.340 e. The molecule has 1 aromatic rings. The van der Waals surface area contributed by atoms with Gasteiger partial charge < -0.3 is 15.1 Å². The van der Waals surface area contributed by atoms with Crippen LogP contribution in [-0.2, 0) is 22.6 Å². The molecule has 0 atom stereocenters. The number of nitrogens with one attached hydrogen (secondary N) is 1. The van der Waals surface area contributed by atoms with Gasteiger partial charge in [-0.2, -0.15) is 0 Å². The molecule has 1 saturated heterocycles. The van der Waals surface area contributed by atoms with Gasteiger partial charge in [-0.25, -0.2) is 0 Å². The number of thiophene rings is 1. The molecule has 1 N–H and O–H groups in total. The van der Waals surface area contributed by atoms with Crippen LogP contribution in [0.5, 0.6) is 0 Å². The van der Waals surface area contributed by atoms with Crippen LogP contribution < -0.4 is 5.32 Å². The summed E-state index contributed by atoms with van der Waals surface area (Å²) in [5.74, 6) is 0.255. The van der Waals surface area contributed by atoms with Gasteiger partial charge in [0.15, 0.2) is 0 Å². The van der Waals surface area contributed by atoms with E-state index in [2.05, 4.69) is 56.3 Å². The molecule has 0 radical (unpaired) electrons. The van der Waals surface area contributed by atoms with Crippen molar-refractivity contribution in [1.29, 1.82) is 0 Å². The highest BCUT2D eigenvalue weighted by Gasteiger charge is 2.41. The molecular formula is C24H39N3O2S. The Balaban J connectivity index is 1.60. The van der Waals surface area contributed by atoms with Gasteiger partial charge in [0, 0.05) is 54.5 Å². The van der Waals surface area contributed by atoms with E-state index in [4.69, 9.17) is 0 Å². The van der Waals surface area contributed by atoms with Gasteiger partial charge in [0.2, 0.25) is 11.8 Å². The van der Waals surface area contributed by atoms with Crippen LogP contribution in [0.2, 0.25) is 0 Å². The van der Waals surface area contributed by atoms with Gasteiger partial charge in [0.05, 0.1) is 0 Å². The van der Waals surface area contributed by atoms with E-state index in [0.717, 1.165) is 45.2 Å². The number of carbonyl (C=O) groups is 2. The minimum absolute atomic E-state index is 0.000968. The fourth-order valence-corrected chi connectivity index (χ4v) is 6.19. The summed E-state index contributed by atoms with van der Waals surface area (Å²) >= 11 is 1.78. The van der Waals surface area contributed by atoms with E-state index in [1.54, 1.807) is 11.3 Å². The number of carbonyl (C=O) groups excluding carboxylic acids is 2. The van der Waals surface area contributed by atoms with Crippen LogP contribution in [0.25, 0.3) is 0 Å². The summed E-state index contributed by atoms with van der Waals surface area (Å²) in [6.07, 6.45) is 5.56. The maximum atomic E-state index is 13.3. The Labute approximate surface area is 186 Å². The predicted octanol–water partition coefficient (Wildman–Crippen LogP) is 4.35. The highest BCUT2D eigenvalue weighted by atomic mass is 32.1.